The van der Waals surface area contributed by atoms with Gasteiger partial charge in [-0.25, -0.2) is 9.59 Å². The SMILES string of the molecule is CCC1(C(=O)O)CCCN1C(=O)NC(C)CSC. The van der Waals surface area contributed by atoms with Gasteiger partial charge in [-0.15, -0.1) is 0 Å². The summed E-state index contributed by atoms with van der Waals surface area (Å²) in [5, 5.41) is 12.3. The van der Waals surface area contributed by atoms with E-state index in [0.29, 0.717) is 19.4 Å². The van der Waals surface area contributed by atoms with Gasteiger partial charge in [0.25, 0.3) is 0 Å². The number of rotatable bonds is 5. The largest absolute Gasteiger partial charge is 0.479 e. The maximum atomic E-state index is 12.2. The number of amides is 2. The Morgan fingerprint density at radius 2 is 2.22 bits per heavy atom. The molecule has 0 bridgehead atoms. The molecule has 5 nitrogen and oxygen atoms in total. The third kappa shape index (κ3) is 2.91. The lowest BCUT2D eigenvalue weighted by Gasteiger charge is -2.34. The molecule has 2 N–H and O–H groups in total. The molecule has 1 aliphatic rings. The molecule has 1 fully saturated rings. The average Bonchev–Trinajstić information content (AvgIpc) is 2.73. The minimum atomic E-state index is -1.01. The molecular weight excluding hydrogens is 252 g/mol. The Hall–Kier alpha value is -0.910. The van der Waals surface area contributed by atoms with Crippen molar-refractivity contribution in [1.82, 2.24) is 10.2 Å². The van der Waals surface area contributed by atoms with Crippen molar-refractivity contribution in [3.05, 3.63) is 0 Å². The van der Waals surface area contributed by atoms with Crippen molar-refractivity contribution in [1.29, 1.82) is 0 Å². The molecule has 2 atom stereocenters. The quantitative estimate of drug-likeness (QED) is 0.801. The fourth-order valence-electron chi connectivity index (χ4n) is 2.50. The molecule has 18 heavy (non-hydrogen) atoms. The number of carbonyl (C=O) groups excluding carboxylic acids is 1. The van der Waals surface area contributed by atoms with Crippen LogP contribution in [0.5, 0.6) is 0 Å². The van der Waals surface area contributed by atoms with Crippen molar-refractivity contribution in [3.63, 3.8) is 0 Å². The van der Waals surface area contributed by atoms with Gasteiger partial charge in [0.1, 0.15) is 5.54 Å². The molecule has 104 valence electrons. The Labute approximate surface area is 112 Å². The normalized spacial score (nSPS) is 24.9. The minimum Gasteiger partial charge on any atom is -0.479 e. The van der Waals surface area contributed by atoms with E-state index in [1.165, 1.54) is 4.90 Å². The molecule has 1 heterocycles. The first-order valence-electron chi connectivity index (χ1n) is 6.28. The second kappa shape index (κ2) is 6.31. The zero-order chi connectivity index (χ0) is 13.8. The van der Waals surface area contributed by atoms with Gasteiger partial charge in [0, 0.05) is 18.3 Å². The Bertz CT molecular complexity index is 324. The molecule has 1 saturated heterocycles. The van der Waals surface area contributed by atoms with Crippen LogP contribution < -0.4 is 5.32 Å². The number of nitrogens with one attached hydrogen (secondary N) is 1. The summed E-state index contributed by atoms with van der Waals surface area (Å²) in [6.45, 7) is 4.28. The molecule has 0 radical (unpaired) electrons. The zero-order valence-corrected chi connectivity index (χ0v) is 12.0. The summed E-state index contributed by atoms with van der Waals surface area (Å²) in [5.41, 5.74) is -1.01. The van der Waals surface area contributed by atoms with Crippen LogP contribution in [0, 0.1) is 0 Å². The van der Waals surface area contributed by atoms with Crippen LogP contribution in [-0.2, 0) is 4.79 Å². The highest BCUT2D eigenvalue weighted by Crippen LogP contribution is 2.32. The number of urea groups is 1. The van der Waals surface area contributed by atoms with Crippen LogP contribution in [0.25, 0.3) is 0 Å². The van der Waals surface area contributed by atoms with Crippen LogP contribution >= 0.6 is 11.8 Å². The maximum Gasteiger partial charge on any atom is 0.329 e. The molecule has 1 aliphatic heterocycles. The van der Waals surface area contributed by atoms with Crippen LogP contribution in [0.1, 0.15) is 33.1 Å². The van der Waals surface area contributed by atoms with Crippen LogP contribution in [0.2, 0.25) is 0 Å². The van der Waals surface area contributed by atoms with Crippen molar-refractivity contribution in [2.24, 2.45) is 0 Å². The fraction of sp³-hybridized carbons (Fsp3) is 0.833. The van der Waals surface area contributed by atoms with E-state index in [1.807, 2.05) is 20.1 Å². The molecule has 0 aromatic rings. The van der Waals surface area contributed by atoms with Crippen LogP contribution in [-0.4, -0.2) is 52.1 Å². The molecule has 0 aromatic carbocycles. The molecular formula is C12H22N2O3S. The van der Waals surface area contributed by atoms with E-state index in [1.54, 1.807) is 11.8 Å². The van der Waals surface area contributed by atoms with Crippen LogP contribution in [0.15, 0.2) is 0 Å². The van der Waals surface area contributed by atoms with Crippen LogP contribution in [0.3, 0.4) is 0 Å². The molecule has 0 saturated carbocycles. The molecule has 6 heteroatoms. The number of thioether (sulfide) groups is 1. The van der Waals surface area contributed by atoms with Gasteiger partial charge in [0.05, 0.1) is 0 Å². The highest BCUT2D eigenvalue weighted by molar-refractivity contribution is 7.98. The molecule has 1 rings (SSSR count). The first kappa shape index (κ1) is 15.1. The first-order valence-corrected chi connectivity index (χ1v) is 7.67. The van der Waals surface area contributed by atoms with E-state index in [4.69, 9.17) is 0 Å². The van der Waals surface area contributed by atoms with E-state index in [9.17, 15) is 14.7 Å². The molecule has 0 spiro atoms. The molecule has 2 unspecified atom stereocenters. The summed E-state index contributed by atoms with van der Waals surface area (Å²) in [4.78, 5) is 25.1. The summed E-state index contributed by atoms with van der Waals surface area (Å²) >= 11 is 1.66. The summed E-state index contributed by atoms with van der Waals surface area (Å²) in [5.74, 6) is -0.0682. The predicted octanol–water partition coefficient (Wildman–Crippen LogP) is 1.78. The monoisotopic (exact) mass is 274 g/mol. The summed E-state index contributed by atoms with van der Waals surface area (Å²) in [6, 6.07) is -0.199. The van der Waals surface area contributed by atoms with Gasteiger partial charge in [0.2, 0.25) is 0 Å². The Morgan fingerprint density at radius 3 is 2.72 bits per heavy atom. The second-order valence-corrected chi connectivity index (χ2v) is 5.66. The highest BCUT2D eigenvalue weighted by Gasteiger charge is 2.48. The van der Waals surface area contributed by atoms with Gasteiger partial charge in [-0.05, 0) is 32.4 Å². The summed E-state index contributed by atoms with van der Waals surface area (Å²) in [7, 11) is 0. The zero-order valence-electron chi connectivity index (χ0n) is 11.2. The summed E-state index contributed by atoms with van der Waals surface area (Å²) < 4.78 is 0. The smallest absolute Gasteiger partial charge is 0.329 e. The lowest BCUT2D eigenvalue weighted by Crippen LogP contribution is -2.57. The number of carboxylic acid groups (broad SMARTS) is 1. The molecule has 0 aliphatic carbocycles. The second-order valence-electron chi connectivity index (χ2n) is 4.75. The molecule has 0 aromatic heterocycles. The Balaban J connectivity index is 2.75. The number of carboxylic acids is 1. The van der Waals surface area contributed by atoms with Crippen LogP contribution in [0.4, 0.5) is 4.79 Å². The number of likely N-dealkylation sites (tertiary alicyclic amines) is 1. The Kier molecular flexibility index (Phi) is 5.31. The van der Waals surface area contributed by atoms with E-state index in [0.717, 1.165) is 12.2 Å². The van der Waals surface area contributed by atoms with Gasteiger partial charge >= 0.3 is 12.0 Å². The first-order chi connectivity index (χ1) is 8.47. The number of aliphatic carboxylic acids is 1. The average molecular weight is 274 g/mol. The number of hydrogen-bond acceptors (Lipinski definition) is 3. The van der Waals surface area contributed by atoms with E-state index < -0.39 is 11.5 Å². The van der Waals surface area contributed by atoms with E-state index in [2.05, 4.69) is 5.32 Å². The van der Waals surface area contributed by atoms with E-state index >= 15 is 0 Å². The minimum absolute atomic E-state index is 0.0523. The number of nitrogens with zero attached hydrogens (tertiary/aromatic N) is 1. The van der Waals surface area contributed by atoms with Gasteiger partial charge < -0.3 is 15.3 Å². The van der Waals surface area contributed by atoms with Gasteiger partial charge in [-0.3, -0.25) is 0 Å². The third-order valence-electron chi connectivity index (χ3n) is 3.50. The van der Waals surface area contributed by atoms with Crippen molar-refractivity contribution in [2.45, 2.75) is 44.7 Å². The van der Waals surface area contributed by atoms with Gasteiger partial charge in [-0.2, -0.15) is 11.8 Å². The molecule has 2 amide bonds. The van der Waals surface area contributed by atoms with E-state index in [-0.39, 0.29) is 12.1 Å². The number of hydrogen-bond donors (Lipinski definition) is 2. The van der Waals surface area contributed by atoms with Gasteiger partial charge in [-0.1, -0.05) is 6.92 Å². The maximum absolute atomic E-state index is 12.2. The van der Waals surface area contributed by atoms with Gasteiger partial charge in [0.15, 0.2) is 0 Å². The lowest BCUT2D eigenvalue weighted by atomic mass is 9.93. The topological polar surface area (TPSA) is 69.6 Å². The Morgan fingerprint density at radius 1 is 1.56 bits per heavy atom. The highest BCUT2D eigenvalue weighted by atomic mass is 32.2. The lowest BCUT2D eigenvalue weighted by molar-refractivity contribution is -0.148. The predicted molar refractivity (Wildman–Crippen MR) is 73.0 cm³/mol. The van der Waals surface area contributed by atoms with Crippen molar-refractivity contribution < 1.29 is 14.7 Å². The number of carbonyl (C=O) groups is 2. The van der Waals surface area contributed by atoms with Crippen molar-refractivity contribution >= 4 is 23.8 Å². The summed E-state index contributed by atoms with van der Waals surface area (Å²) in [6.07, 6.45) is 3.73. The standard InChI is InChI=1S/C12H22N2O3S/c1-4-12(10(15)16)6-5-7-14(12)11(17)13-9(2)8-18-3/h9H,4-8H2,1-3H3,(H,13,17)(H,15,16). The van der Waals surface area contributed by atoms with Crippen molar-refractivity contribution in [2.75, 3.05) is 18.6 Å². The third-order valence-corrected chi connectivity index (χ3v) is 4.34. The van der Waals surface area contributed by atoms with Crippen molar-refractivity contribution in [3.8, 4) is 0 Å². The fourth-order valence-corrected chi connectivity index (χ4v) is 3.08.